The van der Waals surface area contributed by atoms with Crippen molar-refractivity contribution in [2.24, 2.45) is 0 Å². The largest absolute Gasteiger partial charge is 0.478 e. The molecule has 20 heavy (non-hydrogen) atoms. The first-order chi connectivity index (χ1) is 9.63. The summed E-state index contributed by atoms with van der Waals surface area (Å²) in [5.41, 5.74) is 0.319. The van der Waals surface area contributed by atoms with Gasteiger partial charge in [-0.15, -0.1) is 0 Å². The standard InChI is InChI=1S/C15H19NO4/c1-2-20-11-7-9-16(10-8-11)14(17)12-5-3-4-6-13(12)15(18)19/h3-6,11H,2,7-10H2,1H3,(H,18,19). The van der Waals surface area contributed by atoms with E-state index in [9.17, 15) is 9.59 Å². The number of piperidine rings is 1. The highest BCUT2D eigenvalue weighted by molar-refractivity contribution is 6.04. The maximum atomic E-state index is 12.4. The quantitative estimate of drug-likeness (QED) is 0.914. The predicted octanol–water partition coefficient (Wildman–Crippen LogP) is 2.03. The Morgan fingerprint density at radius 3 is 2.40 bits per heavy atom. The summed E-state index contributed by atoms with van der Waals surface area (Å²) in [5.74, 6) is -1.28. The van der Waals surface area contributed by atoms with Crippen molar-refractivity contribution in [2.75, 3.05) is 19.7 Å². The fourth-order valence-corrected chi connectivity index (χ4v) is 2.49. The van der Waals surface area contributed by atoms with Gasteiger partial charge in [0, 0.05) is 19.7 Å². The molecule has 5 nitrogen and oxygen atoms in total. The third kappa shape index (κ3) is 3.17. The molecule has 0 aliphatic carbocycles. The molecule has 108 valence electrons. The second-order valence-electron chi connectivity index (χ2n) is 4.80. The summed E-state index contributed by atoms with van der Waals surface area (Å²) in [6, 6.07) is 6.34. The molecule has 1 fully saturated rings. The molecular formula is C15H19NO4. The first-order valence-corrected chi connectivity index (χ1v) is 6.86. The number of hydrogen-bond acceptors (Lipinski definition) is 3. The van der Waals surface area contributed by atoms with E-state index in [2.05, 4.69) is 0 Å². The Morgan fingerprint density at radius 2 is 1.85 bits per heavy atom. The zero-order valence-corrected chi connectivity index (χ0v) is 11.5. The lowest BCUT2D eigenvalue weighted by atomic mass is 10.0. The summed E-state index contributed by atoms with van der Waals surface area (Å²) in [5, 5.41) is 9.13. The molecular weight excluding hydrogens is 258 g/mol. The van der Waals surface area contributed by atoms with Crippen LogP contribution in [0.25, 0.3) is 0 Å². The van der Waals surface area contributed by atoms with Crippen molar-refractivity contribution in [3.63, 3.8) is 0 Å². The van der Waals surface area contributed by atoms with Gasteiger partial charge in [0.15, 0.2) is 0 Å². The number of likely N-dealkylation sites (tertiary alicyclic amines) is 1. The number of nitrogens with zero attached hydrogens (tertiary/aromatic N) is 1. The van der Waals surface area contributed by atoms with Gasteiger partial charge in [-0.25, -0.2) is 4.79 Å². The van der Waals surface area contributed by atoms with Gasteiger partial charge >= 0.3 is 5.97 Å². The van der Waals surface area contributed by atoms with Gasteiger partial charge in [-0.1, -0.05) is 12.1 Å². The second-order valence-corrected chi connectivity index (χ2v) is 4.80. The number of rotatable bonds is 4. The molecule has 1 heterocycles. The summed E-state index contributed by atoms with van der Waals surface area (Å²) < 4.78 is 5.55. The van der Waals surface area contributed by atoms with Crippen LogP contribution in [-0.2, 0) is 4.74 Å². The van der Waals surface area contributed by atoms with E-state index in [1.54, 1.807) is 23.1 Å². The Bertz CT molecular complexity index is 492. The van der Waals surface area contributed by atoms with Crippen LogP contribution in [0.3, 0.4) is 0 Å². The Balaban J connectivity index is 2.08. The Hall–Kier alpha value is -1.88. The van der Waals surface area contributed by atoms with Crippen LogP contribution < -0.4 is 0 Å². The van der Waals surface area contributed by atoms with E-state index >= 15 is 0 Å². The first-order valence-electron chi connectivity index (χ1n) is 6.86. The SMILES string of the molecule is CCOC1CCN(C(=O)c2ccccc2C(=O)O)CC1. The first kappa shape index (κ1) is 14.5. The molecule has 2 rings (SSSR count). The molecule has 1 aliphatic heterocycles. The number of aromatic carboxylic acids is 1. The van der Waals surface area contributed by atoms with E-state index in [0.717, 1.165) is 12.8 Å². The summed E-state index contributed by atoms with van der Waals surface area (Å²) in [4.78, 5) is 25.3. The molecule has 0 aromatic heterocycles. The van der Waals surface area contributed by atoms with E-state index in [0.29, 0.717) is 19.7 Å². The average molecular weight is 277 g/mol. The molecule has 0 spiro atoms. The lowest BCUT2D eigenvalue weighted by Gasteiger charge is -2.32. The lowest BCUT2D eigenvalue weighted by molar-refractivity contribution is 0.0145. The van der Waals surface area contributed by atoms with Gasteiger partial charge in [-0.3, -0.25) is 4.79 Å². The number of amides is 1. The topological polar surface area (TPSA) is 66.8 Å². The molecule has 0 bridgehead atoms. The number of ether oxygens (including phenoxy) is 1. The van der Waals surface area contributed by atoms with Crippen LogP contribution in [0.5, 0.6) is 0 Å². The highest BCUT2D eigenvalue weighted by atomic mass is 16.5. The molecule has 5 heteroatoms. The molecule has 1 saturated heterocycles. The Morgan fingerprint density at radius 1 is 1.25 bits per heavy atom. The number of carbonyl (C=O) groups is 2. The van der Waals surface area contributed by atoms with Crippen LogP contribution in [0.2, 0.25) is 0 Å². The van der Waals surface area contributed by atoms with E-state index in [1.807, 2.05) is 6.92 Å². The van der Waals surface area contributed by atoms with Gasteiger partial charge in [-0.2, -0.15) is 0 Å². The van der Waals surface area contributed by atoms with Crippen molar-refractivity contribution in [3.8, 4) is 0 Å². The van der Waals surface area contributed by atoms with Gasteiger partial charge < -0.3 is 14.7 Å². The Labute approximate surface area is 118 Å². The maximum absolute atomic E-state index is 12.4. The zero-order chi connectivity index (χ0) is 14.5. The van der Waals surface area contributed by atoms with Crippen LogP contribution in [0.4, 0.5) is 0 Å². The molecule has 0 unspecified atom stereocenters. The average Bonchev–Trinajstić information content (AvgIpc) is 2.47. The number of carboxylic acid groups (broad SMARTS) is 1. The van der Waals surface area contributed by atoms with E-state index in [1.165, 1.54) is 6.07 Å². The van der Waals surface area contributed by atoms with Gasteiger partial charge in [-0.05, 0) is 31.9 Å². The van der Waals surface area contributed by atoms with Crippen molar-refractivity contribution in [2.45, 2.75) is 25.9 Å². The molecule has 1 aromatic carbocycles. The minimum absolute atomic E-state index is 0.0597. The van der Waals surface area contributed by atoms with Crippen molar-refractivity contribution >= 4 is 11.9 Å². The predicted molar refractivity (Wildman–Crippen MR) is 74.0 cm³/mol. The molecule has 0 atom stereocenters. The van der Waals surface area contributed by atoms with Crippen LogP contribution in [0.15, 0.2) is 24.3 Å². The minimum atomic E-state index is -1.07. The van der Waals surface area contributed by atoms with E-state index < -0.39 is 5.97 Å². The van der Waals surface area contributed by atoms with Crippen molar-refractivity contribution in [1.82, 2.24) is 4.90 Å². The van der Waals surface area contributed by atoms with Crippen molar-refractivity contribution in [1.29, 1.82) is 0 Å². The van der Waals surface area contributed by atoms with Crippen molar-refractivity contribution < 1.29 is 19.4 Å². The third-order valence-electron chi connectivity index (χ3n) is 3.52. The molecule has 0 saturated carbocycles. The monoisotopic (exact) mass is 277 g/mol. The van der Waals surface area contributed by atoms with Crippen LogP contribution >= 0.6 is 0 Å². The zero-order valence-electron chi connectivity index (χ0n) is 11.5. The number of benzene rings is 1. The maximum Gasteiger partial charge on any atom is 0.336 e. The van der Waals surface area contributed by atoms with Crippen molar-refractivity contribution in [3.05, 3.63) is 35.4 Å². The molecule has 0 radical (unpaired) electrons. The van der Waals surface area contributed by atoms with Gasteiger partial charge in [0.25, 0.3) is 5.91 Å². The van der Waals surface area contributed by atoms with Gasteiger partial charge in [0.05, 0.1) is 17.2 Å². The normalized spacial score (nSPS) is 16.1. The highest BCUT2D eigenvalue weighted by Crippen LogP contribution is 2.18. The minimum Gasteiger partial charge on any atom is -0.478 e. The summed E-state index contributed by atoms with van der Waals surface area (Å²) in [6.45, 7) is 3.86. The fraction of sp³-hybridized carbons (Fsp3) is 0.467. The lowest BCUT2D eigenvalue weighted by Crippen LogP contribution is -2.41. The third-order valence-corrected chi connectivity index (χ3v) is 3.52. The summed E-state index contributed by atoms with van der Waals surface area (Å²) >= 11 is 0. The number of hydrogen-bond donors (Lipinski definition) is 1. The smallest absolute Gasteiger partial charge is 0.336 e. The number of carboxylic acids is 1. The Kier molecular flexibility index (Phi) is 4.74. The van der Waals surface area contributed by atoms with Crippen LogP contribution in [0, 0.1) is 0 Å². The second kappa shape index (κ2) is 6.52. The van der Waals surface area contributed by atoms with Gasteiger partial charge in [0.1, 0.15) is 0 Å². The summed E-state index contributed by atoms with van der Waals surface area (Å²) in [7, 11) is 0. The molecule has 1 N–H and O–H groups in total. The molecule has 1 amide bonds. The van der Waals surface area contributed by atoms with Gasteiger partial charge in [0.2, 0.25) is 0 Å². The van der Waals surface area contributed by atoms with Crippen LogP contribution in [0.1, 0.15) is 40.5 Å². The van der Waals surface area contributed by atoms with E-state index in [-0.39, 0.29) is 23.1 Å². The molecule has 1 aromatic rings. The van der Waals surface area contributed by atoms with Crippen LogP contribution in [-0.4, -0.2) is 47.7 Å². The van der Waals surface area contributed by atoms with E-state index in [4.69, 9.17) is 9.84 Å². The molecule has 1 aliphatic rings. The summed E-state index contributed by atoms with van der Waals surface area (Å²) in [6.07, 6.45) is 1.81. The highest BCUT2D eigenvalue weighted by Gasteiger charge is 2.26. The number of carbonyl (C=O) groups excluding carboxylic acids is 1. The fourth-order valence-electron chi connectivity index (χ4n) is 2.49.